The predicted molar refractivity (Wildman–Crippen MR) is 118 cm³/mol. The number of benzene rings is 2. The quantitative estimate of drug-likeness (QED) is 0.542. The van der Waals surface area contributed by atoms with Crippen LogP contribution >= 0.6 is 0 Å². The second-order valence-electron chi connectivity index (χ2n) is 7.88. The Bertz CT molecular complexity index is 1290. The molecule has 8 nitrogen and oxygen atoms in total. The second-order valence-corrected chi connectivity index (χ2v) is 7.88. The number of amides is 1. The molecule has 158 valence electrons. The van der Waals surface area contributed by atoms with Crippen LogP contribution in [0.15, 0.2) is 59.5 Å². The van der Waals surface area contributed by atoms with Gasteiger partial charge in [-0.3, -0.25) is 9.36 Å². The van der Waals surface area contributed by atoms with Crippen molar-refractivity contribution in [2.75, 3.05) is 5.32 Å². The summed E-state index contributed by atoms with van der Waals surface area (Å²) in [5.41, 5.74) is 0.905. The highest BCUT2D eigenvalue weighted by Gasteiger charge is 2.18. The van der Waals surface area contributed by atoms with Crippen LogP contribution in [0.5, 0.6) is 0 Å². The summed E-state index contributed by atoms with van der Waals surface area (Å²) in [7, 11) is 0. The summed E-state index contributed by atoms with van der Waals surface area (Å²) in [6.07, 6.45) is 5.53. The highest BCUT2D eigenvalue weighted by atomic mass is 16.2. The molecule has 5 rings (SSSR count). The third-order valence-electron chi connectivity index (χ3n) is 5.76. The van der Waals surface area contributed by atoms with Crippen LogP contribution in [0.1, 0.15) is 30.7 Å². The molecular formula is C23H24N6O2. The minimum atomic E-state index is -0.296. The van der Waals surface area contributed by atoms with Crippen molar-refractivity contribution < 1.29 is 4.79 Å². The van der Waals surface area contributed by atoms with Gasteiger partial charge in [-0.15, -0.1) is 0 Å². The molecule has 1 aliphatic rings. The average Bonchev–Trinajstić information content (AvgIpc) is 3.22. The number of rotatable bonds is 5. The van der Waals surface area contributed by atoms with E-state index >= 15 is 0 Å². The molecule has 0 spiro atoms. The Hall–Kier alpha value is -3.68. The number of nitrogens with zero attached hydrogens (tertiary/aromatic N) is 5. The number of fused-ring (bicyclic) bond motifs is 2. The van der Waals surface area contributed by atoms with Gasteiger partial charge in [0.2, 0.25) is 5.91 Å². The summed E-state index contributed by atoms with van der Waals surface area (Å²) in [4.78, 5) is 25.3. The van der Waals surface area contributed by atoms with Gasteiger partial charge < -0.3 is 5.32 Å². The molecule has 31 heavy (non-hydrogen) atoms. The Balaban J connectivity index is 1.32. The summed E-state index contributed by atoms with van der Waals surface area (Å²) in [5.74, 6) is 1.07. The monoisotopic (exact) mass is 416 g/mol. The molecule has 0 unspecified atom stereocenters. The van der Waals surface area contributed by atoms with E-state index in [1.165, 1.54) is 4.68 Å². The van der Waals surface area contributed by atoms with E-state index in [0.29, 0.717) is 18.9 Å². The lowest BCUT2D eigenvalue weighted by Gasteiger charge is -2.11. The number of hydrogen-bond acceptors (Lipinski definition) is 4. The van der Waals surface area contributed by atoms with Gasteiger partial charge in [-0.1, -0.05) is 48.9 Å². The van der Waals surface area contributed by atoms with E-state index in [-0.39, 0.29) is 18.1 Å². The minimum Gasteiger partial charge on any atom is -0.309 e. The number of aromatic nitrogens is 5. The predicted octanol–water partition coefficient (Wildman–Crippen LogP) is 2.81. The summed E-state index contributed by atoms with van der Waals surface area (Å²) < 4.78 is 4.72. The van der Waals surface area contributed by atoms with Crippen LogP contribution in [-0.4, -0.2) is 30.0 Å². The third-order valence-corrected chi connectivity index (χ3v) is 5.76. The van der Waals surface area contributed by atoms with Crippen molar-refractivity contribution >= 4 is 22.5 Å². The van der Waals surface area contributed by atoms with E-state index in [9.17, 15) is 9.59 Å². The van der Waals surface area contributed by atoms with Crippen LogP contribution in [0, 0.1) is 0 Å². The minimum absolute atomic E-state index is 0.113. The molecule has 0 fully saturated rings. The standard InChI is InChI=1S/C23H24N6O2/c30-22(16-29-23(31)27-14-5-1-2-11-21(27)26-29)25-20-12-13-24-28(20)15-18-9-6-8-17-7-3-4-10-19(17)18/h3-4,6-10,12-13H,1-2,5,11,14-16H2,(H,25,30). The highest BCUT2D eigenvalue weighted by Crippen LogP contribution is 2.20. The number of anilines is 1. The first-order chi connectivity index (χ1) is 15.2. The largest absolute Gasteiger partial charge is 0.346 e. The molecule has 0 saturated carbocycles. The van der Waals surface area contributed by atoms with Gasteiger partial charge in [0.1, 0.15) is 18.2 Å². The van der Waals surface area contributed by atoms with Crippen molar-refractivity contribution in [1.82, 2.24) is 24.1 Å². The van der Waals surface area contributed by atoms with Crippen molar-refractivity contribution in [3.8, 4) is 0 Å². The van der Waals surface area contributed by atoms with Gasteiger partial charge in [-0.05, 0) is 29.2 Å². The molecule has 0 radical (unpaired) electrons. The summed E-state index contributed by atoms with van der Waals surface area (Å²) in [6.45, 7) is 1.09. The summed E-state index contributed by atoms with van der Waals surface area (Å²) in [5, 5.41) is 14.0. The third kappa shape index (κ3) is 3.88. The Morgan fingerprint density at radius 1 is 1.00 bits per heavy atom. The van der Waals surface area contributed by atoms with Crippen molar-refractivity contribution in [2.45, 2.75) is 45.3 Å². The zero-order valence-electron chi connectivity index (χ0n) is 17.2. The number of hydrogen-bond donors (Lipinski definition) is 1. The Morgan fingerprint density at radius 2 is 1.87 bits per heavy atom. The Morgan fingerprint density at radius 3 is 2.81 bits per heavy atom. The van der Waals surface area contributed by atoms with Crippen molar-refractivity contribution in [3.63, 3.8) is 0 Å². The van der Waals surface area contributed by atoms with Gasteiger partial charge in [0, 0.05) is 19.0 Å². The van der Waals surface area contributed by atoms with Gasteiger partial charge in [0.05, 0.1) is 12.7 Å². The molecule has 0 atom stereocenters. The van der Waals surface area contributed by atoms with Gasteiger partial charge in [-0.2, -0.15) is 10.2 Å². The lowest BCUT2D eigenvalue weighted by atomic mass is 10.0. The van der Waals surface area contributed by atoms with Crippen LogP contribution < -0.4 is 11.0 Å². The molecule has 8 heteroatoms. The maximum absolute atomic E-state index is 12.7. The molecule has 2 aromatic heterocycles. The van der Waals surface area contributed by atoms with E-state index < -0.39 is 0 Å². The SMILES string of the molecule is O=C(Cn1nc2n(c1=O)CCCCC2)Nc1ccnn1Cc1cccc2ccccc12. The molecule has 2 aromatic carbocycles. The van der Waals surface area contributed by atoms with Gasteiger partial charge in [0.15, 0.2) is 0 Å². The maximum Gasteiger partial charge on any atom is 0.346 e. The van der Waals surface area contributed by atoms with E-state index in [1.807, 2.05) is 18.2 Å². The Labute approximate surface area is 179 Å². The van der Waals surface area contributed by atoms with Gasteiger partial charge in [0.25, 0.3) is 0 Å². The molecule has 3 heterocycles. The first-order valence-corrected chi connectivity index (χ1v) is 10.6. The molecule has 1 amide bonds. The maximum atomic E-state index is 12.7. The smallest absolute Gasteiger partial charge is 0.309 e. The van der Waals surface area contributed by atoms with Crippen LogP contribution in [-0.2, 0) is 30.8 Å². The van der Waals surface area contributed by atoms with E-state index in [4.69, 9.17) is 0 Å². The zero-order valence-corrected chi connectivity index (χ0v) is 17.2. The van der Waals surface area contributed by atoms with Crippen molar-refractivity contribution in [3.05, 3.63) is 76.6 Å². The highest BCUT2D eigenvalue weighted by molar-refractivity contribution is 5.89. The fourth-order valence-electron chi connectivity index (χ4n) is 4.20. The number of nitrogens with one attached hydrogen (secondary N) is 1. The van der Waals surface area contributed by atoms with Crippen LogP contribution in [0.3, 0.4) is 0 Å². The summed E-state index contributed by atoms with van der Waals surface area (Å²) >= 11 is 0. The molecule has 0 saturated heterocycles. The first-order valence-electron chi connectivity index (χ1n) is 10.6. The molecule has 1 aliphatic heterocycles. The topological polar surface area (TPSA) is 86.7 Å². The normalized spacial score (nSPS) is 13.7. The molecular weight excluding hydrogens is 392 g/mol. The summed E-state index contributed by atoms with van der Waals surface area (Å²) in [6, 6.07) is 16.1. The lowest BCUT2D eigenvalue weighted by Crippen LogP contribution is -2.30. The average molecular weight is 416 g/mol. The molecule has 0 aliphatic carbocycles. The first kappa shape index (κ1) is 19.3. The number of carbonyl (C=O) groups excluding carboxylic acids is 1. The number of carbonyl (C=O) groups is 1. The molecule has 0 bridgehead atoms. The van der Waals surface area contributed by atoms with Crippen LogP contribution in [0.25, 0.3) is 10.8 Å². The zero-order chi connectivity index (χ0) is 21.2. The molecule has 4 aromatic rings. The van der Waals surface area contributed by atoms with E-state index in [2.05, 4.69) is 39.8 Å². The van der Waals surface area contributed by atoms with Gasteiger partial charge in [-0.25, -0.2) is 14.2 Å². The second kappa shape index (κ2) is 8.22. The number of aryl methyl sites for hydroxylation is 1. The Kier molecular flexibility index (Phi) is 5.11. The van der Waals surface area contributed by atoms with E-state index in [1.54, 1.807) is 21.5 Å². The van der Waals surface area contributed by atoms with Crippen molar-refractivity contribution in [1.29, 1.82) is 0 Å². The van der Waals surface area contributed by atoms with Crippen molar-refractivity contribution in [2.24, 2.45) is 0 Å². The van der Waals surface area contributed by atoms with Crippen LogP contribution in [0.4, 0.5) is 5.82 Å². The molecule has 1 N–H and O–H groups in total. The van der Waals surface area contributed by atoms with Gasteiger partial charge >= 0.3 is 5.69 Å². The van der Waals surface area contributed by atoms with Crippen LogP contribution in [0.2, 0.25) is 0 Å². The lowest BCUT2D eigenvalue weighted by molar-refractivity contribution is -0.117. The fraction of sp³-hybridized carbons (Fsp3) is 0.304. The van der Waals surface area contributed by atoms with E-state index in [0.717, 1.165) is 47.8 Å². The fourth-order valence-corrected chi connectivity index (χ4v) is 4.20.